The van der Waals surface area contributed by atoms with E-state index in [-0.39, 0.29) is 0 Å². The van der Waals surface area contributed by atoms with Gasteiger partial charge in [0.1, 0.15) is 0 Å². The molecule has 0 bridgehead atoms. The Bertz CT molecular complexity index is 784. The van der Waals surface area contributed by atoms with Crippen molar-refractivity contribution >= 4 is 40.2 Å². The third-order valence-electron chi connectivity index (χ3n) is 3.37. The Morgan fingerprint density at radius 1 is 1.18 bits per heavy atom. The lowest BCUT2D eigenvalue weighted by atomic mass is 10.1. The van der Waals surface area contributed by atoms with Crippen molar-refractivity contribution in [2.45, 2.75) is 17.6 Å². The van der Waals surface area contributed by atoms with Crippen molar-refractivity contribution in [1.82, 2.24) is 10.2 Å². The molecule has 0 amide bonds. The molecule has 0 aliphatic carbocycles. The molecule has 0 fully saturated rings. The Labute approximate surface area is 147 Å². The van der Waals surface area contributed by atoms with Gasteiger partial charge < -0.3 is 5.73 Å². The van der Waals surface area contributed by atoms with Crippen LogP contribution in [0.5, 0.6) is 0 Å². The zero-order chi connectivity index (χ0) is 15.5. The van der Waals surface area contributed by atoms with Crippen LogP contribution < -0.4 is 5.73 Å². The maximum absolute atomic E-state index is 5.87. The molecule has 0 spiro atoms. The van der Waals surface area contributed by atoms with E-state index >= 15 is 0 Å². The highest BCUT2D eigenvalue weighted by Crippen LogP contribution is 2.36. The third kappa shape index (κ3) is 3.30. The van der Waals surface area contributed by atoms with Crippen LogP contribution >= 0.6 is 34.4 Å². The topological polar surface area (TPSA) is 54.7 Å². The lowest BCUT2D eigenvalue weighted by Gasteiger charge is -2.10. The molecule has 0 atom stereocenters. The highest BCUT2D eigenvalue weighted by Gasteiger charge is 2.14. The summed E-state index contributed by atoms with van der Waals surface area (Å²) in [6.45, 7) is 2.10. The van der Waals surface area contributed by atoms with Crippen molar-refractivity contribution in [2.75, 3.05) is 5.73 Å². The van der Waals surface area contributed by atoms with Gasteiger partial charge in [-0.1, -0.05) is 42.0 Å². The van der Waals surface area contributed by atoms with Crippen molar-refractivity contribution in [3.05, 3.63) is 63.2 Å². The summed E-state index contributed by atoms with van der Waals surface area (Å²) in [7, 11) is 0. The molecule has 3 rings (SSSR count). The number of hydrogen-bond donors (Lipinski definition) is 2. The number of nitrogens with one attached hydrogen (secondary N) is 1. The first kappa shape index (κ1) is 15.4. The molecule has 3 aromatic rings. The molecule has 0 saturated heterocycles. The molecular formula is C17H16IN3S. The van der Waals surface area contributed by atoms with Crippen LogP contribution in [0, 0.1) is 10.5 Å². The third-order valence-corrected chi connectivity index (χ3v) is 5.61. The standard InChI is InChI=1S/C17H16IN3S/c1-11-7-8-14(22-10-12-5-3-2-4-6-12)13(9-11)16-15(18)17(19)21-20-16/h2-9H,10H2,1H3,(H3,19,20,21). The first-order valence-corrected chi connectivity index (χ1v) is 8.98. The zero-order valence-corrected chi connectivity index (χ0v) is 15.1. The molecule has 0 radical (unpaired) electrons. The SMILES string of the molecule is Cc1ccc(SCc2ccccc2)c(-c2[nH]nc(N)c2I)c1. The molecule has 1 aromatic heterocycles. The number of rotatable bonds is 4. The van der Waals surface area contributed by atoms with Gasteiger partial charge in [-0.25, -0.2) is 0 Å². The van der Waals surface area contributed by atoms with Crippen LogP contribution in [0.1, 0.15) is 11.1 Å². The van der Waals surface area contributed by atoms with Gasteiger partial charge in [0.2, 0.25) is 0 Å². The molecule has 1 heterocycles. The second-order valence-electron chi connectivity index (χ2n) is 5.07. The summed E-state index contributed by atoms with van der Waals surface area (Å²) >= 11 is 4.07. The Balaban J connectivity index is 1.93. The van der Waals surface area contributed by atoms with Gasteiger partial charge in [-0.2, -0.15) is 5.10 Å². The Morgan fingerprint density at radius 3 is 2.64 bits per heavy atom. The maximum Gasteiger partial charge on any atom is 0.159 e. The van der Waals surface area contributed by atoms with Crippen molar-refractivity contribution < 1.29 is 0 Å². The molecule has 22 heavy (non-hydrogen) atoms. The number of nitrogen functional groups attached to an aromatic ring is 1. The summed E-state index contributed by atoms with van der Waals surface area (Å²) in [6, 6.07) is 17.0. The van der Waals surface area contributed by atoms with E-state index in [4.69, 9.17) is 5.73 Å². The fraction of sp³-hybridized carbons (Fsp3) is 0.118. The van der Waals surface area contributed by atoms with Gasteiger partial charge in [-0.15, -0.1) is 11.8 Å². The smallest absolute Gasteiger partial charge is 0.159 e. The number of aromatic nitrogens is 2. The minimum absolute atomic E-state index is 0.552. The van der Waals surface area contributed by atoms with E-state index < -0.39 is 0 Å². The van der Waals surface area contributed by atoms with Gasteiger partial charge in [0.25, 0.3) is 0 Å². The number of H-pyrrole nitrogens is 1. The van der Waals surface area contributed by atoms with E-state index in [1.165, 1.54) is 16.0 Å². The van der Waals surface area contributed by atoms with Gasteiger partial charge in [-0.3, -0.25) is 5.10 Å². The van der Waals surface area contributed by atoms with Crippen molar-refractivity contribution in [1.29, 1.82) is 0 Å². The maximum atomic E-state index is 5.87. The van der Waals surface area contributed by atoms with E-state index in [0.29, 0.717) is 5.82 Å². The van der Waals surface area contributed by atoms with Gasteiger partial charge in [-0.05, 0) is 47.2 Å². The quantitative estimate of drug-likeness (QED) is 0.467. The Morgan fingerprint density at radius 2 is 1.95 bits per heavy atom. The molecule has 0 aliphatic rings. The number of anilines is 1. The molecule has 3 N–H and O–H groups in total. The summed E-state index contributed by atoms with van der Waals surface area (Å²) < 4.78 is 0.977. The number of benzene rings is 2. The Kier molecular flexibility index (Phi) is 4.73. The molecule has 0 saturated carbocycles. The van der Waals surface area contributed by atoms with E-state index in [9.17, 15) is 0 Å². The lowest BCUT2D eigenvalue weighted by Crippen LogP contribution is -1.89. The normalized spacial score (nSPS) is 10.8. The number of aryl methyl sites for hydroxylation is 1. The minimum Gasteiger partial charge on any atom is -0.381 e. The number of halogens is 1. The highest BCUT2D eigenvalue weighted by atomic mass is 127. The summed E-state index contributed by atoms with van der Waals surface area (Å²) in [5.41, 5.74) is 10.6. The summed E-state index contributed by atoms with van der Waals surface area (Å²) in [4.78, 5) is 1.23. The number of nitrogens with two attached hydrogens (primary N) is 1. The van der Waals surface area contributed by atoms with E-state index in [1.54, 1.807) is 0 Å². The molecule has 112 valence electrons. The molecule has 3 nitrogen and oxygen atoms in total. The minimum atomic E-state index is 0.552. The van der Waals surface area contributed by atoms with E-state index in [2.05, 4.69) is 82.2 Å². The van der Waals surface area contributed by atoms with Crippen LogP contribution in [-0.4, -0.2) is 10.2 Å². The largest absolute Gasteiger partial charge is 0.381 e. The molecule has 2 aromatic carbocycles. The highest BCUT2D eigenvalue weighted by molar-refractivity contribution is 14.1. The second-order valence-corrected chi connectivity index (χ2v) is 7.17. The average molecular weight is 421 g/mol. The van der Waals surface area contributed by atoms with Gasteiger partial charge in [0.15, 0.2) is 5.82 Å². The Hall–Kier alpha value is -1.47. The number of aromatic amines is 1. The predicted octanol–water partition coefficient (Wildman–Crippen LogP) is 4.86. The van der Waals surface area contributed by atoms with Gasteiger partial charge in [0, 0.05) is 16.2 Å². The first-order valence-electron chi connectivity index (χ1n) is 6.92. The summed E-state index contributed by atoms with van der Waals surface area (Å²) in [6.07, 6.45) is 0. The van der Waals surface area contributed by atoms with Crippen molar-refractivity contribution in [2.24, 2.45) is 0 Å². The van der Waals surface area contributed by atoms with Crippen LogP contribution in [0.3, 0.4) is 0 Å². The van der Waals surface area contributed by atoms with Crippen molar-refractivity contribution in [3.8, 4) is 11.3 Å². The summed E-state index contributed by atoms with van der Waals surface area (Å²) in [5, 5.41) is 7.18. The number of thioether (sulfide) groups is 1. The van der Waals surface area contributed by atoms with Crippen LogP contribution in [0.25, 0.3) is 11.3 Å². The monoisotopic (exact) mass is 421 g/mol. The van der Waals surface area contributed by atoms with E-state index in [0.717, 1.165) is 20.6 Å². The fourth-order valence-corrected chi connectivity index (χ4v) is 3.75. The predicted molar refractivity (Wildman–Crippen MR) is 102 cm³/mol. The van der Waals surface area contributed by atoms with Crippen LogP contribution in [-0.2, 0) is 5.75 Å². The summed E-state index contributed by atoms with van der Waals surface area (Å²) in [5.74, 6) is 1.49. The zero-order valence-electron chi connectivity index (χ0n) is 12.1. The fourth-order valence-electron chi connectivity index (χ4n) is 2.22. The number of hydrogen-bond acceptors (Lipinski definition) is 3. The second kappa shape index (κ2) is 6.75. The van der Waals surface area contributed by atoms with Gasteiger partial charge in [0.05, 0.1) is 9.26 Å². The average Bonchev–Trinajstić information content (AvgIpc) is 2.87. The molecule has 0 aliphatic heterocycles. The lowest BCUT2D eigenvalue weighted by molar-refractivity contribution is 1.10. The molecule has 5 heteroatoms. The van der Waals surface area contributed by atoms with E-state index in [1.807, 2.05) is 17.8 Å². The van der Waals surface area contributed by atoms with Crippen LogP contribution in [0.15, 0.2) is 53.4 Å². The van der Waals surface area contributed by atoms with Crippen LogP contribution in [0.2, 0.25) is 0 Å². The first-order chi connectivity index (χ1) is 10.6. The van der Waals surface area contributed by atoms with Gasteiger partial charge >= 0.3 is 0 Å². The molecular weight excluding hydrogens is 405 g/mol. The van der Waals surface area contributed by atoms with Crippen LogP contribution in [0.4, 0.5) is 5.82 Å². The number of nitrogens with zero attached hydrogens (tertiary/aromatic N) is 1. The molecule has 0 unspecified atom stereocenters. The van der Waals surface area contributed by atoms with Crippen molar-refractivity contribution in [3.63, 3.8) is 0 Å².